The Morgan fingerprint density at radius 3 is 2.23 bits per heavy atom. The predicted octanol–water partition coefficient (Wildman–Crippen LogP) is 0.449. The highest BCUT2D eigenvalue weighted by Crippen LogP contribution is 2.26. The van der Waals surface area contributed by atoms with Gasteiger partial charge in [-0.15, -0.1) is 0 Å². The number of nitrogens with two attached hydrogens (primary N) is 1. The quantitative estimate of drug-likeness (QED) is 0.531. The molecule has 0 aromatic heterocycles. The maximum Gasteiger partial charge on any atom is 0.246 e. The van der Waals surface area contributed by atoms with E-state index in [0.29, 0.717) is 13.0 Å². The number of rotatable bonds is 7. The molecule has 0 saturated carbocycles. The topological polar surface area (TPSA) is 133 Å². The SMILES string of the molecule is CC(=O)N1CC[C@H]1C(=O)N1C[C@H](O)C[C@H]1C(=O)N[C@H](Cc1ccc(-c2ccccc2)cc1)C(N)=O. The highest BCUT2D eigenvalue weighted by molar-refractivity contribution is 5.95. The first kappa shape index (κ1) is 24.4. The van der Waals surface area contributed by atoms with Gasteiger partial charge in [0, 0.05) is 32.9 Å². The molecule has 0 spiro atoms. The van der Waals surface area contributed by atoms with Crippen LogP contribution in [-0.4, -0.2) is 75.9 Å². The molecule has 2 fully saturated rings. The number of benzene rings is 2. The molecule has 4 rings (SSSR count). The second-order valence-electron chi connectivity index (χ2n) is 9.14. The molecular weight excluding hydrogens is 448 g/mol. The van der Waals surface area contributed by atoms with E-state index in [-0.39, 0.29) is 31.2 Å². The number of β-amino-alcohol motifs (C(OH)–C–C–N with tert-alkyl or cyclic N) is 1. The first-order chi connectivity index (χ1) is 16.7. The van der Waals surface area contributed by atoms with Crippen LogP contribution in [0.25, 0.3) is 11.1 Å². The Balaban J connectivity index is 1.42. The van der Waals surface area contributed by atoms with Crippen molar-refractivity contribution in [2.24, 2.45) is 5.73 Å². The predicted molar refractivity (Wildman–Crippen MR) is 129 cm³/mol. The van der Waals surface area contributed by atoms with E-state index >= 15 is 0 Å². The molecule has 2 aliphatic rings. The number of carbonyl (C=O) groups is 4. The summed E-state index contributed by atoms with van der Waals surface area (Å²) in [5, 5.41) is 12.8. The van der Waals surface area contributed by atoms with Gasteiger partial charge in [0.2, 0.25) is 23.6 Å². The summed E-state index contributed by atoms with van der Waals surface area (Å²) in [6.45, 7) is 1.89. The fourth-order valence-electron chi connectivity index (χ4n) is 4.71. The first-order valence-electron chi connectivity index (χ1n) is 11.7. The molecule has 184 valence electrons. The summed E-state index contributed by atoms with van der Waals surface area (Å²) in [6, 6.07) is 15.0. The van der Waals surface area contributed by atoms with Gasteiger partial charge in [0.15, 0.2) is 0 Å². The van der Waals surface area contributed by atoms with Gasteiger partial charge in [0.05, 0.1) is 6.10 Å². The Morgan fingerprint density at radius 1 is 1.00 bits per heavy atom. The van der Waals surface area contributed by atoms with Gasteiger partial charge in [0.1, 0.15) is 18.1 Å². The van der Waals surface area contributed by atoms with Gasteiger partial charge in [-0.1, -0.05) is 54.6 Å². The summed E-state index contributed by atoms with van der Waals surface area (Å²) in [5.74, 6) is -1.81. The Kier molecular flexibility index (Phi) is 7.16. The van der Waals surface area contributed by atoms with Crippen molar-refractivity contribution in [2.45, 2.75) is 50.4 Å². The van der Waals surface area contributed by atoms with Crippen molar-refractivity contribution in [3.05, 3.63) is 60.2 Å². The average molecular weight is 479 g/mol. The minimum atomic E-state index is -0.975. The molecule has 0 aliphatic carbocycles. The number of nitrogens with zero attached hydrogens (tertiary/aromatic N) is 2. The molecule has 2 aromatic rings. The molecule has 2 saturated heterocycles. The standard InChI is InChI=1S/C26H30N4O5/c1-16(31)29-12-11-22(29)26(35)30-15-20(32)14-23(30)25(34)28-21(24(27)33)13-17-7-9-19(10-8-17)18-5-3-2-4-6-18/h2-10,20-23,32H,11-15H2,1H3,(H2,27,33)(H,28,34)/t20-,21-,22+,23+/m1/s1. The largest absolute Gasteiger partial charge is 0.391 e. The molecule has 9 heteroatoms. The Hall–Kier alpha value is -3.72. The van der Waals surface area contributed by atoms with Crippen LogP contribution in [0, 0.1) is 0 Å². The van der Waals surface area contributed by atoms with Gasteiger partial charge in [-0.05, 0) is 23.1 Å². The fourth-order valence-corrected chi connectivity index (χ4v) is 4.71. The summed E-state index contributed by atoms with van der Waals surface area (Å²) in [4.78, 5) is 52.7. The lowest BCUT2D eigenvalue weighted by molar-refractivity contribution is -0.154. The second-order valence-corrected chi connectivity index (χ2v) is 9.14. The van der Waals surface area contributed by atoms with E-state index in [0.717, 1.165) is 16.7 Å². The Labute approximate surface area is 203 Å². The Morgan fingerprint density at radius 2 is 1.66 bits per heavy atom. The van der Waals surface area contributed by atoms with Crippen molar-refractivity contribution >= 4 is 23.6 Å². The third-order valence-corrected chi connectivity index (χ3v) is 6.73. The molecule has 4 atom stereocenters. The highest BCUT2D eigenvalue weighted by atomic mass is 16.3. The molecule has 0 bridgehead atoms. The number of hydrogen-bond donors (Lipinski definition) is 3. The van der Waals surface area contributed by atoms with E-state index in [4.69, 9.17) is 5.73 Å². The van der Waals surface area contributed by atoms with Crippen molar-refractivity contribution in [1.82, 2.24) is 15.1 Å². The minimum absolute atomic E-state index is 0.00134. The Bertz CT molecular complexity index is 1100. The molecule has 2 aliphatic heterocycles. The molecule has 9 nitrogen and oxygen atoms in total. The van der Waals surface area contributed by atoms with Crippen LogP contribution in [-0.2, 0) is 25.6 Å². The molecule has 2 heterocycles. The monoisotopic (exact) mass is 478 g/mol. The van der Waals surface area contributed by atoms with Crippen LogP contribution in [0.4, 0.5) is 0 Å². The number of primary amides is 1. The van der Waals surface area contributed by atoms with Crippen LogP contribution in [0.1, 0.15) is 25.3 Å². The highest BCUT2D eigenvalue weighted by Gasteiger charge is 2.46. The lowest BCUT2D eigenvalue weighted by atomic mass is 9.99. The molecule has 4 N–H and O–H groups in total. The van der Waals surface area contributed by atoms with E-state index in [1.807, 2.05) is 54.6 Å². The van der Waals surface area contributed by atoms with Crippen LogP contribution in [0.5, 0.6) is 0 Å². The van der Waals surface area contributed by atoms with E-state index in [9.17, 15) is 24.3 Å². The average Bonchev–Trinajstić information content (AvgIpc) is 3.20. The lowest BCUT2D eigenvalue weighted by Crippen LogP contribution is -2.61. The van der Waals surface area contributed by atoms with Gasteiger partial charge in [-0.2, -0.15) is 0 Å². The molecule has 0 unspecified atom stereocenters. The van der Waals surface area contributed by atoms with Gasteiger partial charge in [-0.3, -0.25) is 19.2 Å². The fraction of sp³-hybridized carbons (Fsp3) is 0.385. The maximum absolute atomic E-state index is 13.1. The summed E-state index contributed by atoms with van der Waals surface area (Å²) in [5.41, 5.74) is 8.49. The third kappa shape index (κ3) is 5.35. The zero-order valence-corrected chi connectivity index (χ0v) is 19.6. The molecule has 4 amide bonds. The third-order valence-electron chi connectivity index (χ3n) is 6.73. The van der Waals surface area contributed by atoms with Gasteiger partial charge < -0.3 is 26.0 Å². The van der Waals surface area contributed by atoms with Crippen LogP contribution in [0.3, 0.4) is 0 Å². The van der Waals surface area contributed by atoms with Crippen molar-refractivity contribution in [2.75, 3.05) is 13.1 Å². The normalized spacial score (nSPS) is 22.3. The molecule has 0 radical (unpaired) electrons. The number of hydrogen-bond acceptors (Lipinski definition) is 5. The van der Waals surface area contributed by atoms with E-state index in [1.54, 1.807) is 0 Å². The van der Waals surface area contributed by atoms with Gasteiger partial charge >= 0.3 is 0 Å². The molecule has 2 aromatic carbocycles. The molecular formula is C26H30N4O5. The van der Waals surface area contributed by atoms with E-state index < -0.39 is 36.0 Å². The van der Waals surface area contributed by atoms with Crippen molar-refractivity contribution in [3.8, 4) is 11.1 Å². The zero-order chi connectivity index (χ0) is 25.1. The maximum atomic E-state index is 13.1. The van der Waals surface area contributed by atoms with Gasteiger partial charge in [0.25, 0.3) is 0 Å². The number of likely N-dealkylation sites (tertiary alicyclic amines) is 2. The van der Waals surface area contributed by atoms with Crippen molar-refractivity contribution in [1.29, 1.82) is 0 Å². The van der Waals surface area contributed by atoms with Crippen molar-refractivity contribution in [3.63, 3.8) is 0 Å². The van der Waals surface area contributed by atoms with Crippen LogP contribution in [0.2, 0.25) is 0 Å². The summed E-state index contributed by atoms with van der Waals surface area (Å²) in [7, 11) is 0. The smallest absolute Gasteiger partial charge is 0.246 e. The lowest BCUT2D eigenvalue weighted by Gasteiger charge is -2.41. The first-order valence-corrected chi connectivity index (χ1v) is 11.7. The van der Waals surface area contributed by atoms with E-state index in [2.05, 4.69) is 5.32 Å². The van der Waals surface area contributed by atoms with E-state index in [1.165, 1.54) is 16.7 Å². The summed E-state index contributed by atoms with van der Waals surface area (Å²) >= 11 is 0. The molecule has 35 heavy (non-hydrogen) atoms. The van der Waals surface area contributed by atoms with Crippen LogP contribution >= 0.6 is 0 Å². The van der Waals surface area contributed by atoms with Gasteiger partial charge in [-0.25, -0.2) is 0 Å². The zero-order valence-electron chi connectivity index (χ0n) is 19.6. The number of nitrogens with one attached hydrogen (secondary N) is 1. The number of aliphatic hydroxyl groups excluding tert-OH is 1. The summed E-state index contributed by atoms with van der Waals surface area (Å²) < 4.78 is 0. The number of aliphatic hydroxyl groups is 1. The summed E-state index contributed by atoms with van der Waals surface area (Å²) in [6.07, 6.45) is -0.0950. The minimum Gasteiger partial charge on any atom is -0.391 e. The second kappa shape index (κ2) is 10.3. The number of carbonyl (C=O) groups excluding carboxylic acids is 4. The van der Waals surface area contributed by atoms with Crippen molar-refractivity contribution < 1.29 is 24.3 Å². The van der Waals surface area contributed by atoms with Crippen LogP contribution < -0.4 is 11.1 Å². The number of amides is 4. The van der Waals surface area contributed by atoms with Crippen LogP contribution in [0.15, 0.2) is 54.6 Å².